The maximum absolute atomic E-state index is 12.6. The molecule has 0 spiro atoms. The fourth-order valence-electron chi connectivity index (χ4n) is 2.66. The van der Waals surface area contributed by atoms with Gasteiger partial charge in [-0.05, 0) is 54.6 Å². The summed E-state index contributed by atoms with van der Waals surface area (Å²) in [5.74, 6) is 0.0514. The van der Waals surface area contributed by atoms with Crippen molar-refractivity contribution in [1.82, 2.24) is 4.98 Å². The number of carbonyl (C=O) groups excluding carboxylic acids is 2. The van der Waals surface area contributed by atoms with Crippen LogP contribution in [0.25, 0.3) is 11.3 Å². The number of carbonyl (C=O) groups is 2. The highest BCUT2D eigenvalue weighted by Crippen LogP contribution is 2.33. The molecular formula is C21H18ClN3O3. The molecule has 2 amide bonds. The van der Waals surface area contributed by atoms with Crippen LogP contribution in [0.5, 0.6) is 5.75 Å². The van der Waals surface area contributed by atoms with Crippen LogP contribution in [0.2, 0.25) is 5.02 Å². The Balaban J connectivity index is 1.81. The summed E-state index contributed by atoms with van der Waals surface area (Å²) in [4.78, 5) is 27.9. The second-order valence-corrected chi connectivity index (χ2v) is 6.37. The van der Waals surface area contributed by atoms with Gasteiger partial charge in [0.2, 0.25) is 5.91 Å². The number of methoxy groups -OCH3 is 1. The molecule has 142 valence electrons. The van der Waals surface area contributed by atoms with Gasteiger partial charge in [-0.25, -0.2) is 0 Å². The summed E-state index contributed by atoms with van der Waals surface area (Å²) in [6.45, 7) is 1.44. The molecule has 0 atom stereocenters. The van der Waals surface area contributed by atoms with Crippen molar-refractivity contribution in [1.29, 1.82) is 0 Å². The molecule has 0 bridgehead atoms. The summed E-state index contributed by atoms with van der Waals surface area (Å²) in [6.07, 6.45) is 1.64. The van der Waals surface area contributed by atoms with Gasteiger partial charge in [-0.2, -0.15) is 0 Å². The molecule has 1 aromatic heterocycles. The molecule has 2 N–H and O–H groups in total. The molecule has 0 aliphatic heterocycles. The van der Waals surface area contributed by atoms with Crippen molar-refractivity contribution in [3.05, 3.63) is 71.4 Å². The van der Waals surface area contributed by atoms with E-state index in [0.29, 0.717) is 39.0 Å². The molecule has 0 saturated carbocycles. The molecular weight excluding hydrogens is 378 g/mol. The summed E-state index contributed by atoms with van der Waals surface area (Å²) in [7, 11) is 1.53. The number of amides is 2. The first-order valence-corrected chi connectivity index (χ1v) is 8.83. The van der Waals surface area contributed by atoms with E-state index in [2.05, 4.69) is 15.6 Å². The minimum atomic E-state index is -0.288. The Morgan fingerprint density at radius 2 is 1.68 bits per heavy atom. The molecule has 2 aromatic carbocycles. The van der Waals surface area contributed by atoms with Gasteiger partial charge < -0.3 is 15.4 Å². The number of hydrogen-bond acceptors (Lipinski definition) is 4. The Kier molecular flexibility index (Phi) is 5.91. The predicted octanol–water partition coefficient (Wildman–Crippen LogP) is 4.62. The smallest absolute Gasteiger partial charge is 0.255 e. The van der Waals surface area contributed by atoms with Crippen LogP contribution in [0.1, 0.15) is 17.3 Å². The zero-order valence-electron chi connectivity index (χ0n) is 15.3. The first-order valence-electron chi connectivity index (χ1n) is 8.46. The zero-order chi connectivity index (χ0) is 20.1. The molecule has 7 heteroatoms. The number of benzene rings is 2. The van der Waals surface area contributed by atoms with Gasteiger partial charge in [-0.15, -0.1) is 0 Å². The zero-order valence-corrected chi connectivity index (χ0v) is 16.1. The van der Waals surface area contributed by atoms with E-state index in [9.17, 15) is 9.59 Å². The maximum Gasteiger partial charge on any atom is 0.255 e. The summed E-state index contributed by atoms with van der Waals surface area (Å²) < 4.78 is 5.43. The van der Waals surface area contributed by atoms with Crippen molar-refractivity contribution in [2.75, 3.05) is 17.7 Å². The van der Waals surface area contributed by atoms with Crippen molar-refractivity contribution in [2.24, 2.45) is 0 Å². The number of halogens is 1. The molecule has 0 fully saturated rings. The SMILES string of the molecule is COc1cc(C(=O)Nc2ccc(NC(C)=O)cc2)ccc1-c1ncccc1Cl. The van der Waals surface area contributed by atoms with Crippen molar-refractivity contribution in [2.45, 2.75) is 6.92 Å². The lowest BCUT2D eigenvalue weighted by Crippen LogP contribution is -2.12. The molecule has 0 saturated heterocycles. The van der Waals surface area contributed by atoms with E-state index in [1.165, 1.54) is 14.0 Å². The summed E-state index contributed by atoms with van der Waals surface area (Å²) >= 11 is 6.22. The maximum atomic E-state index is 12.6. The largest absolute Gasteiger partial charge is 0.496 e. The average molecular weight is 396 g/mol. The van der Waals surface area contributed by atoms with Gasteiger partial charge in [-0.1, -0.05) is 11.6 Å². The fourth-order valence-corrected chi connectivity index (χ4v) is 2.88. The van der Waals surface area contributed by atoms with Crippen LogP contribution in [0, 0.1) is 0 Å². The quantitative estimate of drug-likeness (QED) is 0.660. The standard InChI is InChI=1S/C21H18ClN3O3/c1-13(26)24-15-6-8-16(9-7-15)25-21(27)14-5-10-17(19(12-14)28-2)20-18(22)4-3-11-23-20/h3-12H,1-2H3,(H,24,26)(H,25,27). The van der Waals surface area contributed by atoms with Crippen LogP contribution in [-0.4, -0.2) is 23.9 Å². The third-order valence-corrected chi connectivity index (χ3v) is 4.25. The predicted molar refractivity (Wildman–Crippen MR) is 110 cm³/mol. The first kappa shape index (κ1) is 19.4. The lowest BCUT2D eigenvalue weighted by Gasteiger charge is -2.12. The number of ether oxygens (including phenoxy) is 1. The van der Waals surface area contributed by atoms with Crippen molar-refractivity contribution in [3.8, 4) is 17.0 Å². The number of pyridine rings is 1. The highest BCUT2D eigenvalue weighted by molar-refractivity contribution is 6.33. The number of hydrogen-bond donors (Lipinski definition) is 2. The first-order chi connectivity index (χ1) is 13.5. The molecule has 3 aromatic rings. The lowest BCUT2D eigenvalue weighted by atomic mass is 10.1. The van der Waals surface area contributed by atoms with E-state index in [0.717, 1.165) is 0 Å². The summed E-state index contributed by atoms with van der Waals surface area (Å²) in [6, 6.07) is 15.4. The van der Waals surface area contributed by atoms with E-state index in [-0.39, 0.29) is 11.8 Å². The van der Waals surface area contributed by atoms with Crippen LogP contribution >= 0.6 is 11.6 Å². The molecule has 0 aliphatic rings. The fraction of sp³-hybridized carbons (Fsp3) is 0.0952. The number of nitrogens with zero attached hydrogens (tertiary/aromatic N) is 1. The second-order valence-electron chi connectivity index (χ2n) is 5.96. The Bertz CT molecular complexity index is 1020. The normalized spacial score (nSPS) is 10.2. The minimum Gasteiger partial charge on any atom is -0.496 e. The Labute approximate surface area is 167 Å². The van der Waals surface area contributed by atoms with E-state index >= 15 is 0 Å². The summed E-state index contributed by atoms with van der Waals surface area (Å²) in [5.41, 5.74) is 2.98. The molecule has 3 rings (SSSR count). The van der Waals surface area contributed by atoms with Crippen molar-refractivity contribution >= 4 is 34.8 Å². The number of aromatic nitrogens is 1. The number of rotatable bonds is 5. The van der Waals surface area contributed by atoms with E-state index < -0.39 is 0 Å². The van der Waals surface area contributed by atoms with Gasteiger partial charge >= 0.3 is 0 Å². The van der Waals surface area contributed by atoms with Crippen molar-refractivity contribution in [3.63, 3.8) is 0 Å². The van der Waals surface area contributed by atoms with E-state index in [4.69, 9.17) is 16.3 Å². The molecule has 0 radical (unpaired) electrons. The van der Waals surface area contributed by atoms with Crippen molar-refractivity contribution < 1.29 is 14.3 Å². The Morgan fingerprint density at radius 1 is 1.00 bits per heavy atom. The number of nitrogens with one attached hydrogen (secondary N) is 2. The van der Waals surface area contributed by atoms with Crippen LogP contribution < -0.4 is 15.4 Å². The third kappa shape index (κ3) is 4.47. The third-order valence-electron chi connectivity index (χ3n) is 3.94. The van der Waals surface area contributed by atoms with Gasteiger partial charge in [0.1, 0.15) is 5.75 Å². The molecule has 0 unspecified atom stereocenters. The highest BCUT2D eigenvalue weighted by atomic mass is 35.5. The van der Waals surface area contributed by atoms with Gasteiger partial charge in [0, 0.05) is 35.6 Å². The van der Waals surface area contributed by atoms with Crippen LogP contribution in [0.3, 0.4) is 0 Å². The van der Waals surface area contributed by atoms with Gasteiger partial charge in [-0.3, -0.25) is 14.6 Å². The monoisotopic (exact) mass is 395 g/mol. The van der Waals surface area contributed by atoms with Crippen LogP contribution in [-0.2, 0) is 4.79 Å². The highest BCUT2D eigenvalue weighted by Gasteiger charge is 2.14. The average Bonchev–Trinajstić information content (AvgIpc) is 2.69. The minimum absolute atomic E-state index is 0.156. The van der Waals surface area contributed by atoms with Crippen LogP contribution in [0.15, 0.2) is 60.8 Å². The van der Waals surface area contributed by atoms with Gasteiger partial charge in [0.05, 0.1) is 17.8 Å². The summed E-state index contributed by atoms with van der Waals surface area (Å²) in [5, 5.41) is 5.98. The van der Waals surface area contributed by atoms with Gasteiger partial charge in [0.25, 0.3) is 5.91 Å². The van der Waals surface area contributed by atoms with E-state index in [1.54, 1.807) is 60.8 Å². The Hall–Kier alpha value is -3.38. The topological polar surface area (TPSA) is 80.3 Å². The second kappa shape index (κ2) is 8.54. The van der Waals surface area contributed by atoms with Gasteiger partial charge in [0.15, 0.2) is 0 Å². The van der Waals surface area contributed by atoms with Crippen LogP contribution in [0.4, 0.5) is 11.4 Å². The Morgan fingerprint density at radius 3 is 2.29 bits per heavy atom. The molecule has 0 aliphatic carbocycles. The van der Waals surface area contributed by atoms with E-state index in [1.807, 2.05) is 0 Å². The lowest BCUT2D eigenvalue weighted by molar-refractivity contribution is -0.114. The molecule has 28 heavy (non-hydrogen) atoms. The number of anilines is 2. The molecule has 6 nitrogen and oxygen atoms in total. The molecule has 1 heterocycles.